The van der Waals surface area contributed by atoms with Gasteiger partial charge in [0.25, 0.3) is 0 Å². The highest BCUT2D eigenvalue weighted by atomic mass is 32.1. The Balaban J connectivity index is 2.03. The molecule has 8 heteroatoms. The van der Waals surface area contributed by atoms with Crippen molar-refractivity contribution in [3.05, 3.63) is 5.82 Å². The molecule has 2 aromatic heterocycles. The molecule has 7 nitrogen and oxygen atoms in total. The smallest absolute Gasteiger partial charge is 0.328 e. The third-order valence-corrected chi connectivity index (χ3v) is 3.43. The monoisotopic (exact) mass is 252 g/mol. The summed E-state index contributed by atoms with van der Waals surface area (Å²) in [5, 5.41) is 12.5. The second kappa shape index (κ2) is 4.04. The largest absolute Gasteiger partial charge is 0.466 e. The van der Waals surface area contributed by atoms with E-state index in [0.29, 0.717) is 6.01 Å². The Morgan fingerprint density at radius 1 is 1.47 bits per heavy atom. The number of hydrogen-bond donors (Lipinski definition) is 1. The minimum Gasteiger partial charge on any atom is -0.466 e. The third kappa shape index (κ3) is 1.69. The Kier molecular flexibility index (Phi) is 2.52. The molecule has 0 bridgehead atoms. The van der Waals surface area contributed by atoms with E-state index in [1.807, 2.05) is 0 Å². The zero-order valence-electron chi connectivity index (χ0n) is 9.54. The van der Waals surface area contributed by atoms with E-state index in [9.17, 15) is 0 Å². The van der Waals surface area contributed by atoms with Crippen molar-refractivity contribution in [3.63, 3.8) is 0 Å². The van der Waals surface area contributed by atoms with Crippen LogP contribution in [0, 0.1) is 0 Å². The fourth-order valence-corrected chi connectivity index (χ4v) is 2.51. The van der Waals surface area contributed by atoms with Crippen molar-refractivity contribution < 1.29 is 4.74 Å². The Labute approximate surface area is 102 Å². The first kappa shape index (κ1) is 10.6. The molecule has 0 radical (unpaired) electrons. The molecule has 1 atom stereocenters. The number of fused-ring (bicyclic) bond motifs is 1. The number of hydrogen-bond acceptors (Lipinski definition) is 7. The van der Waals surface area contributed by atoms with Crippen LogP contribution in [0.4, 0.5) is 0 Å². The standard InChI is InChI=1S/C9H12N6OS/c1-5-6-12-13-7(15(6)4-3-10-5)8-11-9(16-2)14-17-8/h5,10H,3-4H2,1-2H3. The average molecular weight is 252 g/mol. The van der Waals surface area contributed by atoms with Gasteiger partial charge in [0.15, 0.2) is 10.8 Å². The quantitative estimate of drug-likeness (QED) is 0.837. The van der Waals surface area contributed by atoms with Crippen molar-refractivity contribution >= 4 is 11.5 Å². The Hall–Kier alpha value is -1.54. The van der Waals surface area contributed by atoms with Crippen LogP contribution in [-0.2, 0) is 6.54 Å². The summed E-state index contributed by atoms with van der Waals surface area (Å²) >= 11 is 1.28. The van der Waals surface area contributed by atoms with Crippen LogP contribution >= 0.6 is 11.5 Å². The molecule has 2 aromatic rings. The van der Waals surface area contributed by atoms with E-state index in [4.69, 9.17) is 4.74 Å². The lowest BCUT2D eigenvalue weighted by Crippen LogP contribution is -2.32. The molecule has 1 unspecified atom stereocenters. The van der Waals surface area contributed by atoms with Crippen molar-refractivity contribution in [1.29, 1.82) is 0 Å². The first-order valence-electron chi connectivity index (χ1n) is 5.34. The minimum atomic E-state index is 0.222. The zero-order chi connectivity index (χ0) is 11.8. The highest BCUT2D eigenvalue weighted by molar-refractivity contribution is 7.09. The molecule has 90 valence electrons. The summed E-state index contributed by atoms with van der Waals surface area (Å²) in [4.78, 5) is 4.25. The molecule has 17 heavy (non-hydrogen) atoms. The molecule has 0 amide bonds. The summed E-state index contributed by atoms with van der Waals surface area (Å²) in [7, 11) is 1.55. The summed E-state index contributed by atoms with van der Waals surface area (Å²) in [6.07, 6.45) is 0. The Bertz CT molecular complexity index is 535. The highest BCUT2D eigenvalue weighted by Gasteiger charge is 2.23. The van der Waals surface area contributed by atoms with Crippen LogP contribution < -0.4 is 10.1 Å². The maximum absolute atomic E-state index is 4.98. The van der Waals surface area contributed by atoms with Gasteiger partial charge in [-0.2, -0.15) is 4.98 Å². The molecule has 0 aliphatic carbocycles. The van der Waals surface area contributed by atoms with E-state index in [-0.39, 0.29) is 6.04 Å². The number of ether oxygens (including phenoxy) is 1. The van der Waals surface area contributed by atoms with Crippen LogP contribution in [0.15, 0.2) is 0 Å². The van der Waals surface area contributed by atoms with Gasteiger partial charge in [0.2, 0.25) is 0 Å². The number of methoxy groups -OCH3 is 1. The Morgan fingerprint density at radius 2 is 2.35 bits per heavy atom. The molecule has 0 fully saturated rings. The SMILES string of the molecule is COc1nsc(-c2nnc3n2CCNC3C)n1. The minimum absolute atomic E-state index is 0.222. The summed E-state index contributed by atoms with van der Waals surface area (Å²) in [6.45, 7) is 3.84. The predicted octanol–water partition coefficient (Wildman–Crippen LogP) is 0.469. The molecule has 0 spiro atoms. The van der Waals surface area contributed by atoms with Crippen molar-refractivity contribution in [3.8, 4) is 16.8 Å². The van der Waals surface area contributed by atoms with Gasteiger partial charge in [-0.25, -0.2) is 0 Å². The number of rotatable bonds is 2. The summed E-state index contributed by atoms with van der Waals surface area (Å²) in [5.41, 5.74) is 0. The Morgan fingerprint density at radius 3 is 3.12 bits per heavy atom. The molecule has 1 aliphatic rings. The first-order valence-corrected chi connectivity index (χ1v) is 6.11. The second-order valence-electron chi connectivity index (χ2n) is 3.80. The second-order valence-corrected chi connectivity index (χ2v) is 4.55. The highest BCUT2D eigenvalue weighted by Crippen LogP contribution is 2.26. The van der Waals surface area contributed by atoms with E-state index >= 15 is 0 Å². The molecule has 1 aliphatic heterocycles. The predicted molar refractivity (Wildman–Crippen MR) is 61.9 cm³/mol. The van der Waals surface area contributed by atoms with Crippen LogP contribution in [0.25, 0.3) is 10.8 Å². The fraction of sp³-hybridized carbons (Fsp3) is 0.556. The van der Waals surface area contributed by atoms with E-state index in [0.717, 1.165) is 29.7 Å². The van der Waals surface area contributed by atoms with Crippen molar-refractivity contribution in [2.24, 2.45) is 0 Å². The van der Waals surface area contributed by atoms with Gasteiger partial charge in [-0.05, 0) is 18.5 Å². The van der Waals surface area contributed by atoms with Crippen LogP contribution in [0.3, 0.4) is 0 Å². The van der Waals surface area contributed by atoms with E-state index in [1.54, 1.807) is 7.11 Å². The van der Waals surface area contributed by atoms with Gasteiger partial charge < -0.3 is 14.6 Å². The van der Waals surface area contributed by atoms with E-state index in [2.05, 4.69) is 36.4 Å². The maximum atomic E-state index is 4.98. The molecule has 0 aromatic carbocycles. The van der Waals surface area contributed by atoms with Gasteiger partial charge in [0.05, 0.1) is 13.2 Å². The van der Waals surface area contributed by atoms with Crippen molar-refractivity contribution in [1.82, 2.24) is 29.4 Å². The summed E-state index contributed by atoms with van der Waals surface area (Å²) < 4.78 is 11.1. The number of nitrogens with one attached hydrogen (secondary N) is 1. The maximum Gasteiger partial charge on any atom is 0.328 e. The van der Waals surface area contributed by atoms with Crippen LogP contribution in [-0.4, -0.2) is 37.8 Å². The molecule has 0 saturated carbocycles. The molecule has 1 N–H and O–H groups in total. The molecule has 0 saturated heterocycles. The molecular weight excluding hydrogens is 240 g/mol. The van der Waals surface area contributed by atoms with Gasteiger partial charge in [0.1, 0.15) is 5.82 Å². The van der Waals surface area contributed by atoms with E-state index < -0.39 is 0 Å². The molecule has 3 rings (SSSR count). The fourth-order valence-electron chi connectivity index (χ4n) is 1.88. The van der Waals surface area contributed by atoms with Gasteiger partial charge in [-0.3, -0.25) is 0 Å². The topological polar surface area (TPSA) is 77.8 Å². The lowest BCUT2D eigenvalue weighted by molar-refractivity contribution is 0.386. The average Bonchev–Trinajstić information content (AvgIpc) is 2.94. The first-order chi connectivity index (χ1) is 8.29. The normalized spacial score (nSPS) is 19.1. The van der Waals surface area contributed by atoms with E-state index in [1.165, 1.54) is 11.5 Å². The van der Waals surface area contributed by atoms with Crippen LogP contribution in [0.2, 0.25) is 0 Å². The lowest BCUT2D eigenvalue weighted by atomic mass is 10.2. The third-order valence-electron chi connectivity index (χ3n) is 2.73. The van der Waals surface area contributed by atoms with Gasteiger partial charge in [-0.1, -0.05) is 0 Å². The summed E-state index contributed by atoms with van der Waals surface area (Å²) in [6, 6.07) is 0.601. The van der Waals surface area contributed by atoms with Crippen molar-refractivity contribution in [2.45, 2.75) is 19.5 Å². The molecule has 3 heterocycles. The number of aromatic nitrogens is 5. The van der Waals surface area contributed by atoms with Gasteiger partial charge >= 0.3 is 6.01 Å². The van der Waals surface area contributed by atoms with Crippen molar-refractivity contribution in [2.75, 3.05) is 13.7 Å². The lowest BCUT2D eigenvalue weighted by Gasteiger charge is -2.21. The van der Waals surface area contributed by atoms with Gasteiger partial charge in [0, 0.05) is 13.1 Å². The van der Waals surface area contributed by atoms with Crippen LogP contribution in [0.5, 0.6) is 6.01 Å². The van der Waals surface area contributed by atoms with Crippen LogP contribution in [0.1, 0.15) is 18.8 Å². The van der Waals surface area contributed by atoms with Gasteiger partial charge in [-0.15, -0.1) is 14.6 Å². The summed E-state index contributed by atoms with van der Waals surface area (Å²) in [5.74, 6) is 1.72. The zero-order valence-corrected chi connectivity index (χ0v) is 10.4. The molecular formula is C9H12N6OS. The number of nitrogens with zero attached hydrogens (tertiary/aromatic N) is 5.